The minimum Gasteiger partial charge on any atom is -0.468 e. The number of urea groups is 1. The lowest BCUT2D eigenvalue weighted by Crippen LogP contribution is -2.62. The van der Waals surface area contributed by atoms with Crippen molar-refractivity contribution >= 4 is 12.0 Å². The standard InChI is InChI=1S/C13H14N2O4/c1-13-6-9(14-12(17)15-13)8-5-7(11(16)18-2)3-4-10(8)19-13/h3-5,9H,6H2,1-2H3,(H2,14,15,17)/t9-,13+/m1/s1. The number of methoxy groups -OCH3 is 1. The molecule has 100 valence electrons. The third kappa shape index (κ3) is 1.89. The molecule has 0 unspecified atom stereocenters. The molecule has 19 heavy (non-hydrogen) atoms. The Morgan fingerprint density at radius 2 is 2.32 bits per heavy atom. The Balaban J connectivity index is 2.04. The molecule has 2 bridgehead atoms. The van der Waals surface area contributed by atoms with E-state index in [1.165, 1.54) is 7.11 Å². The average Bonchev–Trinajstić information content (AvgIpc) is 2.36. The molecule has 2 amide bonds. The molecule has 2 heterocycles. The molecule has 2 atom stereocenters. The maximum absolute atomic E-state index is 11.6. The second-order valence-corrected chi connectivity index (χ2v) is 4.93. The molecule has 1 fully saturated rings. The van der Waals surface area contributed by atoms with Gasteiger partial charge < -0.3 is 20.1 Å². The summed E-state index contributed by atoms with van der Waals surface area (Å²) in [6.07, 6.45) is 0.608. The largest absolute Gasteiger partial charge is 0.468 e. The van der Waals surface area contributed by atoms with E-state index in [0.717, 1.165) is 5.56 Å². The van der Waals surface area contributed by atoms with Gasteiger partial charge in [-0.2, -0.15) is 0 Å². The Bertz CT molecular complexity index is 572. The summed E-state index contributed by atoms with van der Waals surface area (Å²) >= 11 is 0. The van der Waals surface area contributed by atoms with E-state index in [1.807, 2.05) is 6.92 Å². The molecule has 0 aliphatic carbocycles. The molecule has 2 aliphatic heterocycles. The van der Waals surface area contributed by atoms with E-state index in [9.17, 15) is 9.59 Å². The molecular formula is C13H14N2O4. The van der Waals surface area contributed by atoms with Gasteiger partial charge in [0.25, 0.3) is 0 Å². The lowest BCUT2D eigenvalue weighted by Gasteiger charge is -2.44. The van der Waals surface area contributed by atoms with Crippen molar-refractivity contribution in [2.24, 2.45) is 0 Å². The van der Waals surface area contributed by atoms with Crippen LogP contribution < -0.4 is 15.4 Å². The van der Waals surface area contributed by atoms with Crippen LogP contribution in [0.3, 0.4) is 0 Å². The number of carbonyl (C=O) groups excluding carboxylic acids is 2. The molecule has 0 radical (unpaired) electrons. The van der Waals surface area contributed by atoms with E-state index in [-0.39, 0.29) is 12.1 Å². The predicted octanol–water partition coefficient (Wildman–Crippen LogP) is 1.33. The number of rotatable bonds is 1. The summed E-state index contributed by atoms with van der Waals surface area (Å²) in [5.41, 5.74) is 0.545. The molecule has 6 heteroatoms. The normalized spacial score (nSPS) is 27.5. The summed E-state index contributed by atoms with van der Waals surface area (Å²) in [6.45, 7) is 1.83. The van der Waals surface area contributed by atoms with E-state index >= 15 is 0 Å². The molecule has 6 nitrogen and oxygen atoms in total. The second kappa shape index (κ2) is 3.88. The molecule has 0 spiro atoms. The first-order valence-corrected chi connectivity index (χ1v) is 6.01. The third-order valence-electron chi connectivity index (χ3n) is 3.42. The minimum absolute atomic E-state index is 0.160. The van der Waals surface area contributed by atoms with E-state index in [2.05, 4.69) is 10.6 Å². The molecule has 3 rings (SSSR count). The zero-order valence-corrected chi connectivity index (χ0v) is 10.6. The highest BCUT2D eigenvalue weighted by Crippen LogP contribution is 2.40. The van der Waals surface area contributed by atoms with Gasteiger partial charge in [-0.15, -0.1) is 0 Å². The lowest BCUT2D eigenvalue weighted by atomic mass is 9.91. The van der Waals surface area contributed by atoms with Gasteiger partial charge in [0.15, 0.2) is 5.72 Å². The van der Waals surface area contributed by atoms with Gasteiger partial charge in [-0.25, -0.2) is 9.59 Å². The van der Waals surface area contributed by atoms with Gasteiger partial charge in [0.2, 0.25) is 0 Å². The molecule has 2 N–H and O–H groups in total. The van der Waals surface area contributed by atoms with Crippen LogP contribution in [0.1, 0.15) is 35.3 Å². The predicted molar refractivity (Wildman–Crippen MR) is 65.8 cm³/mol. The van der Waals surface area contributed by atoms with E-state index in [0.29, 0.717) is 17.7 Å². The van der Waals surface area contributed by atoms with Crippen molar-refractivity contribution in [2.45, 2.75) is 25.1 Å². The second-order valence-electron chi connectivity index (χ2n) is 4.93. The fourth-order valence-corrected chi connectivity index (χ4v) is 2.58. The molecule has 1 aromatic carbocycles. The quantitative estimate of drug-likeness (QED) is 0.748. The fourth-order valence-electron chi connectivity index (χ4n) is 2.58. The zero-order valence-electron chi connectivity index (χ0n) is 10.6. The highest BCUT2D eigenvalue weighted by atomic mass is 16.5. The van der Waals surface area contributed by atoms with Crippen molar-refractivity contribution in [3.63, 3.8) is 0 Å². The van der Waals surface area contributed by atoms with Crippen molar-refractivity contribution in [2.75, 3.05) is 7.11 Å². The van der Waals surface area contributed by atoms with Gasteiger partial charge in [-0.1, -0.05) is 0 Å². The SMILES string of the molecule is COC(=O)c1ccc2c(c1)[C@H]1C[C@@](C)(NC(=O)N1)O2. The number of amides is 2. The number of carbonyl (C=O) groups is 2. The third-order valence-corrected chi connectivity index (χ3v) is 3.42. The number of benzene rings is 1. The Morgan fingerprint density at radius 3 is 3.05 bits per heavy atom. The van der Waals surface area contributed by atoms with Crippen molar-refractivity contribution in [1.29, 1.82) is 0 Å². The number of ether oxygens (including phenoxy) is 2. The number of nitrogens with one attached hydrogen (secondary N) is 2. The van der Waals surface area contributed by atoms with Crippen LogP contribution in [0.5, 0.6) is 5.75 Å². The summed E-state index contributed by atoms with van der Waals surface area (Å²) in [5.74, 6) is 0.260. The van der Waals surface area contributed by atoms with Crippen LogP contribution in [0.2, 0.25) is 0 Å². The summed E-state index contributed by atoms with van der Waals surface area (Å²) in [5, 5.41) is 5.58. The summed E-state index contributed by atoms with van der Waals surface area (Å²) < 4.78 is 10.5. The van der Waals surface area contributed by atoms with Gasteiger partial charge in [-0.05, 0) is 25.1 Å². The first kappa shape index (κ1) is 11.8. The van der Waals surface area contributed by atoms with E-state index < -0.39 is 11.7 Å². The monoisotopic (exact) mass is 262 g/mol. The number of hydrogen-bond acceptors (Lipinski definition) is 4. The van der Waals surface area contributed by atoms with E-state index in [1.54, 1.807) is 18.2 Å². The molecule has 0 saturated carbocycles. The zero-order chi connectivity index (χ0) is 13.6. The first-order valence-electron chi connectivity index (χ1n) is 6.01. The Morgan fingerprint density at radius 1 is 1.53 bits per heavy atom. The Labute approximate surface area is 110 Å². The van der Waals surface area contributed by atoms with Crippen LogP contribution in [0, 0.1) is 0 Å². The van der Waals surface area contributed by atoms with E-state index in [4.69, 9.17) is 9.47 Å². The average molecular weight is 262 g/mol. The Hall–Kier alpha value is -2.24. The summed E-state index contributed by atoms with van der Waals surface area (Å²) in [7, 11) is 1.33. The molecule has 1 aromatic rings. The maximum Gasteiger partial charge on any atom is 0.337 e. The summed E-state index contributed by atoms with van der Waals surface area (Å²) in [4.78, 5) is 23.1. The van der Waals surface area contributed by atoms with Gasteiger partial charge >= 0.3 is 12.0 Å². The number of esters is 1. The molecular weight excluding hydrogens is 248 g/mol. The minimum atomic E-state index is -0.702. The van der Waals surface area contributed by atoms with Crippen molar-refractivity contribution in [1.82, 2.24) is 10.6 Å². The highest BCUT2D eigenvalue weighted by Gasteiger charge is 2.43. The van der Waals surface area contributed by atoms with Gasteiger partial charge in [0.05, 0.1) is 18.7 Å². The molecule has 0 aromatic heterocycles. The van der Waals surface area contributed by atoms with Crippen molar-refractivity contribution in [3.05, 3.63) is 29.3 Å². The number of fused-ring (bicyclic) bond motifs is 4. The van der Waals surface area contributed by atoms with Gasteiger partial charge in [0, 0.05) is 12.0 Å². The molecule has 2 aliphatic rings. The lowest BCUT2D eigenvalue weighted by molar-refractivity contribution is 0.0118. The smallest absolute Gasteiger partial charge is 0.337 e. The maximum atomic E-state index is 11.6. The van der Waals surface area contributed by atoms with Crippen molar-refractivity contribution < 1.29 is 19.1 Å². The highest BCUT2D eigenvalue weighted by molar-refractivity contribution is 5.90. The fraction of sp³-hybridized carbons (Fsp3) is 0.385. The topological polar surface area (TPSA) is 76.7 Å². The Kier molecular flexibility index (Phi) is 2.41. The van der Waals surface area contributed by atoms with Crippen LogP contribution in [0.25, 0.3) is 0 Å². The van der Waals surface area contributed by atoms with Crippen LogP contribution in [-0.2, 0) is 4.74 Å². The van der Waals surface area contributed by atoms with Crippen molar-refractivity contribution in [3.8, 4) is 5.75 Å². The van der Waals surface area contributed by atoms with Crippen LogP contribution in [0.15, 0.2) is 18.2 Å². The number of hydrogen-bond donors (Lipinski definition) is 2. The van der Waals surface area contributed by atoms with Crippen LogP contribution >= 0.6 is 0 Å². The van der Waals surface area contributed by atoms with Crippen LogP contribution in [0.4, 0.5) is 4.79 Å². The molecule has 1 saturated heterocycles. The first-order chi connectivity index (χ1) is 9.00. The van der Waals surface area contributed by atoms with Crippen LogP contribution in [-0.4, -0.2) is 24.8 Å². The van der Waals surface area contributed by atoms with Gasteiger partial charge in [0.1, 0.15) is 5.75 Å². The summed E-state index contributed by atoms with van der Waals surface area (Å²) in [6, 6.07) is 4.65. The van der Waals surface area contributed by atoms with Gasteiger partial charge in [-0.3, -0.25) is 0 Å².